The molecule has 1 aliphatic rings. The molecule has 6 heteroatoms. The molecule has 0 saturated carbocycles. The van der Waals surface area contributed by atoms with Crippen LogP contribution >= 0.6 is 0 Å². The number of carbonyl (C=O) groups excluding carboxylic acids is 1. The minimum absolute atomic E-state index is 0.0139. The van der Waals surface area contributed by atoms with E-state index in [0.29, 0.717) is 6.54 Å². The van der Waals surface area contributed by atoms with E-state index in [9.17, 15) is 4.79 Å². The smallest absolute Gasteiger partial charge is 0.243 e. The molecule has 4 aromatic rings. The summed E-state index contributed by atoms with van der Waals surface area (Å²) in [6.07, 6.45) is 1.94. The van der Waals surface area contributed by atoms with Gasteiger partial charge in [-0.05, 0) is 44.0 Å². The minimum Gasteiger partial charge on any atom is -0.340 e. The monoisotopic (exact) mass is 359 g/mol. The number of amides is 1. The molecule has 1 N–H and O–H groups in total. The molecule has 1 amide bonds. The first-order chi connectivity index (χ1) is 13.2. The zero-order valence-corrected chi connectivity index (χ0v) is 15.2. The second-order valence-corrected chi connectivity index (χ2v) is 7.12. The van der Waals surface area contributed by atoms with Crippen molar-refractivity contribution >= 4 is 28.0 Å². The van der Waals surface area contributed by atoms with Gasteiger partial charge in [-0.3, -0.25) is 4.79 Å². The summed E-state index contributed by atoms with van der Waals surface area (Å²) < 4.78 is 2.01. The van der Waals surface area contributed by atoms with Gasteiger partial charge in [-0.25, -0.2) is 9.97 Å². The van der Waals surface area contributed by atoms with Crippen LogP contribution in [0.4, 0.5) is 0 Å². The predicted octanol–water partition coefficient (Wildman–Crippen LogP) is 3.58. The van der Waals surface area contributed by atoms with Crippen molar-refractivity contribution < 1.29 is 4.79 Å². The molecule has 27 heavy (non-hydrogen) atoms. The second-order valence-electron chi connectivity index (χ2n) is 7.12. The zero-order valence-electron chi connectivity index (χ0n) is 15.2. The number of rotatable bonds is 3. The van der Waals surface area contributed by atoms with Crippen molar-refractivity contribution in [1.29, 1.82) is 0 Å². The van der Waals surface area contributed by atoms with E-state index in [-0.39, 0.29) is 11.9 Å². The summed E-state index contributed by atoms with van der Waals surface area (Å²) in [5.41, 5.74) is 3.90. The number of hydrogen-bond acceptors (Lipinski definition) is 3. The van der Waals surface area contributed by atoms with Gasteiger partial charge in [0.1, 0.15) is 18.2 Å². The maximum atomic E-state index is 13.1. The molecule has 1 aliphatic heterocycles. The Morgan fingerprint density at radius 3 is 2.74 bits per heavy atom. The normalized spacial score (nSPS) is 17.2. The van der Waals surface area contributed by atoms with Crippen molar-refractivity contribution in [1.82, 2.24) is 24.4 Å². The average Bonchev–Trinajstić information content (AvgIpc) is 3.38. The zero-order chi connectivity index (χ0) is 18.4. The molecule has 1 atom stereocenters. The summed E-state index contributed by atoms with van der Waals surface area (Å²) in [6.45, 7) is 3.03. The number of nitrogens with zero attached hydrogens (tertiary/aromatic N) is 4. The Balaban J connectivity index is 1.44. The number of nitrogens with one attached hydrogen (secondary N) is 1. The summed E-state index contributed by atoms with van der Waals surface area (Å²) in [5, 5.41) is 0. The number of likely N-dealkylation sites (tertiary alicyclic amines) is 1. The number of H-pyrrole nitrogens is 1. The molecule has 1 saturated heterocycles. The Hall–Kier alpha value is -3.15. The van der Waals surface area contributed by atoms with Gasteiger partial charge in [0.15, 0.2) is 0 Å². The highest BCUT2D eigenvalue weighted by atomic mass is 16.2. The lowest BCUT2D eigenvalue weighted by atomic mass is 10.2. The van der Waals surface area contributed by atoms with E-state index in [2.05, 4.69) is 9.97 Å². The van der Waals surface area contributed by atoms with Crippen LogP contribution in [-0.4, -0.2) is 36.9 Å². The molecule has 0 aliphatic carbocycles. The number of aryl methyl sites for hydroxylation is 1. The summed E-state index contributed by atoms with van der Waals surface area (Å²) in [5.74, 6) is 1.86. The molecule has 1 fully saturated rings. The number of fused-ring (bicyclic) bond motifs is 2. The van der Waals surface area contributed by atoms with Crippen LogP contribution in [0.25, 0.3) is 22.1 Å². The highest BCUT2D eigenvalue weighted by molar-refractivity contribution is 5.82. The van der Waals surface area contributed by atoms with E-state index in [4.69, 9.17) is 4.98 Å². The Morgan fingerprint density at radius 1 is 1.11 bits per heavy atom. The topological polar surface area (TPSA) is 66.8 Å². The standard InChI is InChI=1S/C21H21N5O/c1-14-22-17-9-4-5-10-18(17)26(14)13-20(27)25-12-6-11-19(25)21-23-15-7-2-3-8-16(15)24-21/h2-5,7-10,19H,6,11-13H2,1H3,(H,23,24). The van der Waals surface area contributed by atoms with Gasteiger partial charge in [0.05, 0.1) is 28.1 Å². The number of aromatic nitrogens is 4. The molecular formula is C21H21N5O. The van der Waals surface area contributed by atoms with E-state index >= 15 is 0 Å². The molecule has 136 valence electrons. The maximum absolute atomic E-state index is 13.1. The van der Waals surface area contributed by atoms with Crippen molar-refractivity contribution in [3.05, 3.63) is 60.2 Å². The number of imidazole rings is 2. The quantitative estimate of drug-likeness (QED) is 0.608. The number of aromatic amines is 1. The maximum Gasteiger partial charge on any atom is 0.243 e. The fourth-order valence-electron chi connectivity index (χ4n) is 4.10. The van der Waals surface area contributed by atoms with E-state index in [0.717, 1.165) is 53.1 Å². The fourth-order valence-corrected chi connectivity index (χ4v) is 4.10. The number of carbonyl (C=O) groups is 1. The van der Waals surface area contributed by atoms with Crippen LogP contribution in [-0.2, 0) is 11.3 Å². The van der Waals surface area contributed by atoms with Crippen LogP contribution in [0.3, 0.4) is 0 Å². The number of benzene rings is 2. The van der Waals surface area contributed by atoms with Gasteiger partial charge in [-0.1, -0.05) is 24.3 Å². The van der Waals surface area contributed by atoms with Crippen LogP contribution in [0.5, 0.6) is 0 Å². The highest BCUT2D eigenvalue weighted by Gasteiger charge is 2.32. The van der Waals surface area contributed by atoms with E-state index in [1.807, 2.05) is 64.9 Å². The minimum atomic E-state index is 0.0139. The van der Waals surface area contributed by atoms with Gasteiger partial charge in [-0.2, -0.15) is 0 Å². The predicted molar refractivity (Wildman–Crippen MR) is 104 cm³/mol. The Bertz CT molecular complexity index is 1110. The number of para-hydroxylation sites is 4. The third-order valence-electron chi connectivity index (χ3n) is 5.44. The molecule has 0 bridgehead atoms. The lowest BCUT2D eigenvalue weighted by molar-refractivity contribution is -0.132. The van der Waals surface area contributed by atoms with Gasteiger partial charge in [0, 0.05) is 6.54 Å². The molecule has 2 aromatic carbocycles. The molecule has 2 aromatic heterocycles. The van der Waals surface area contributed by atoms with E-state index in [1.165, 1.54) is 0 Å². The van der Waals surface area contributed by atoms with Crippen molar-refractivity contribution in [3.8, 4) is 0 Å². The first-order valence-electron chi connectivity index (χ1n) is 9.37. The van der Waals surface area contributed by atoms with Gasteiger partial charge in [-0.15, -0.1) is 0 Å². The van der Waals surface area contributed by atoms with Crippen molar-refractivity contribution in [2.45, 2.75) is 32.4 Å². The molecule has 3 heterocycles. The molecule has 0 radical (unpaired) electrons. The van der Waals surface area contributed by atoms with Gasteiger partial charge in [0.2, 0.25) is 5.91 Å². The van der Waals surface area contributed by atoms with Crippen LogP contribution in [0.1, 0.15) is 30.5 Å². The summed E-state index contributed by atoms with van der Waals surface area (Å²) in [7, 11) is 0. The number of hydrogen-bond donors (Lipinski definition) is 1. The lowest BCUT2D eigenvalue weighted by Gasteiger charge is -2.23. The van der Waals surface area contributed by atoms with Crippen LogP contribution in [0.2, 0.25) is 0 Å². The van der Waals surface area contributed by atoms with E-state index in [1.54, 1.807) is 0 Å². The lowest BCUT2D eigenvalue weighted by Crippen LogP contribution is -2.34. The second kappa shape index (κ2) is 6.23. The SMILES string of the molecule is Cc1nc2ccccc2n1CC(=O)N1CCCC1c1nc2ccccc2[nH]1. The third-order valence-corrected chi connectivity index (χ3v) is 5.44. The highest BCUT2D eigenvalue weighted by Crippen LogP contribution is 2.32. The molecular weight excluding hydrogens is 338 g/mol. The van der Waals surface area contributed by atoms with Crippen molar-refractivity contribution in [2.75, 3.05) is 6.54 Å². The summed E-state index contributed by atoms with van der Waals surface area (Å²) in [4.78, 5) is 27.8. The summed E-state index contributed by atoms with van der Waals surface area (Å²) >= 11 is 0. The Kier molecular flexibility index (Phi) is 3.70. The molecule has 5 rings (SSSR count). The largest absolute Gasteiger partial charge is 0.340 e. The van der Waals surface area contributed by atoms with Gasteiger partial charge >= 0.3 is 0 Å². The molecule has 6 nitrogen and oxygen atoms in total. The molecule has 0 spiro atoms. The van der Waals surface area contributed by atoms with Gasteiger partial charge < -0.3 is 14.5 Å². The average molecular weight is 359 g/mol. The van der Waals surface area contributed by atoms with Gasteiger partial charge in [0.25, 0.3) is 0 Å². The van der Waals surface area contributed by atoms with Crippen molar-refractivity contribution in [2.24, 2.45) is 0 Å². The fraction of sp³-hybridized carbons (Fsp3) is 0.286. The molecule has 1 unspecified atom stereocenters. The van der Waals surface area contributed by atoms with Crippen LogP contribution in [0.15, 0.2) is 48.5 Å². The Morgan fingerprint density at radius 2 is 1.89 bits per heavy atom. The van der Waals surface area contributed by atoms with Crippen molar-refractivity contribution in [3.63, 3.8) is 0 Å². The summed E-state index contributed by atoms with van der Waals surface area (Å²) in [6, 6.07) is 16.0. The Labute approximate surface area is 156 Å². The van der Waals surface area contributed by atoms with Crippen LogP contribution < -0.4 is 0 Å². The van der Waals surface area contributed by atoms with Crippen LogP contribution in [0, 0.1) is 6.92 Å². The first-order valence-corrected chi connectivity index (χ1v) is 9.37. The van der Waals surface area contributed by atoms with E-state index < -0.39 is 0 Å². The first kappa shape index (κ1) is 16.1. The third kappa shape index (κ3) is 2.68.